The highest BCUT2D eigenvalue weighted by Crippen LogP contribution is 2.29. The summed E-state index contributed by atoms with van der Waals surface area (Å²) in [6.45, 7) is 11.1. The van der Waals surface area contributed by atoms with Gasteiger partial charge in [0, 0.05) is 24.7 Å². The number of hydrogen-bond donors (Lipinski definition) is 0. The summed E-state index contributed by atoms with van der Waals surface area (Å²) in [6, 6.07) is 4.00. The summed E-state index contributed by atoms with van der Waals surface area (Å²) in [4.78, 5) is 6.72. The van der Waals surface area contributed by atoms with E-state index >= 15 is 0 Å². The normalized spacial score (nSPS) is 22.0. The molecule has 2 saturated heterocycles. The average Bonchev–Trinajstić information content (AvgIpc) is 2.74. The van der Waals surface area contributed by atoms with E-state index in [1.165, 1.54) is 0 Å². The molecule has 106 valence electrons. The molecule has 0 saturated carbocycles. The van der Waals surface area contributed by atoms with Crippen molar-refractivity contribution < 1.29 is 14.0 Å². The van der Waals surface area contributed by atoms with E-state index in [9.17, 15) is 0 Å². The smallest absolute Gasteiger partial charge is 0.534 e. The number of rotatable bonds is 2. The summed E-state index contributed by atoms with van der Waals surface area (Å²) in [5.41, 5.74) is 0.460. The number of pyridine rings is 1. The third-order valence-corrected chi connectivity index (χ3v) is 3.70. The van der Waals surface area contributed by atoms with Crippen LogP contribution in [0.25, 0.3) is 0 Å². The maximum atomic E-state index is 5.84. The fraction of sp³-hybridized carbons (Fsp3) is 0.500. The van der Waals surface area contributed by atoms with Crippen molar-refractivity contribution in [1.82, 2.24) is 4.98 Å². The van der Waals surface area contributed by atoms with Crippen molar-refractivity contribution in [3.63, 3.8) is 0 Å². The van der Waals surface area contributed by atoms with Crippen LogP contribution >= 0.6 is 0 Å². The molecular formula is C14H19BN2O3. The van der Waals surface area contributed by atoms with Gasteiger partial charge in [0.1, 0.15) is 11.4 Å². The van der Waals surface area contributed by atoms with Crippen LogP contribution in [0.1, 0.15) is 13.8 Å². The summed E-state index contributed by atoms with van der Waals surface area (Å²) < 4.78 is 16.8. The van der Waals surface area contributed by atoms with E-state index in [0.29, 0.717) is 5.76 Å². The molecule has 1 aromatic heterocycles. The second-order valence-electron chi connectivity index (χ2n) is 5.55. The van der Waals surface area contributed by atoms with E-state index in [-0.39, 0.29) is 0 Å². The molecule has 2 aliphatic heterocycles. The third kappa shape index (κ3) is 2.53. The van der Waals surface area contributed by atoms with E-state index in [2.05, 4.69) is 16.5 Å². The summed E-state index contributed by atoms with van der Waals surface area (Å²) in [7, 11) is -0.413. The molecule has 2 fully saturated rings. The van der Waals surface area contributed by atoms with E-state index in [0.717, 1.165) is 37.6 Å². The van der Waals surface area contributed by atoms with Crippen LogP contribution < -0.4 is 10.4 Å². The van der Waals surface area contributed by atoms with Crippen LogP contribution in [0, 0.1) is 0 Å². The predicted molar refractivity (Wildman–Crippen MR) is 78.0 cm³/mol. The average molecular weight is 274 g/mol. The van der Waals surface area contributed by atoms with Crippen molar-refractivity contribution in [2.45, 2.75) is 19.4 Å². The number of nitrogens with zero attached hydrogens (tertiary/aromatic N) is 2. The fourth-order valence-electron chi connectivity index (χ4n) is 2.28. The van der Waals surface area contributed by atoms with Crippen LogP contribution in [-0.4, -0.2) is 44.0 Å². The monoisotopic (exact) mass is 274 g/mol. The molecule has 3 heterocycles. The Labute approximate surface area is 119 Å². The molecule has 5 nitrogen and oxygen atoms in total. The lowest BCUT2D eigenvalue weighted by Gasteiger charge is -2.27. The SMILES string of the molecule is C=C1OB(c2ccc(N3CCOCC3)nc2)OC1(C)C. The molecule has 0 N–H and O–H groups in total. The van der Waals surface area contributed by atoms with Crippen molar-refractivity contribution in [3.05, 3.63) is 30.7 Å². The van der Waals surface area contributed by atoms with Crippen molar-refractivity contribution in [2.24, 2.45) is 0 Å². The Hall–Kier alpha value is -1.53. The van der Waals surface area contributed by atoms with Gasteiger partial charge in [-0.15, -0.1) is 0 Å². The first-order valence-corrected chi connectivity index (χ1v) is 6.89. The van der Waals surface area contributed by atoms with Crippen molar-refractivity contribution in [2.75, 3.05) is 31.2 Å². The van der Waals surface area contributed by atoms with Gasteiger partial charge >= 0.3 is 7.12 Å². The zero-order valence-electron chi connectivity index (χ0n) is 12.0. The molecule has 6 heteroatoms. The second kappa shape index (κ2) is 5.11. The lowest BCUT2D eigenvalue weighted by molar-refractivity contribution is 0.122. The molecule has 0 bridgehead atoms. The predicted octanol–water partition coefficient (Wildman–Crippen LogP) is 0.952. The first-order valence-electron chi connectivity index (χ1n) is 6.89. The molecule has 0 unspecified atom stereocenters. The maximum Gasteiger partial charge on any atom is 0.564 e. The van der Waals surface area contributed by atoms with Gasteiger partial charge in [0.2, 0.25) is 0 Å². The second-order valence-corrected chi connectivity index (χ2v) is 5.55. The number of aromatic nitrogens is 1. The Bertz CT molecular complexity index is 498. The van der Waals surface area contributed by atoms with Crippen molar-refractivity contribution >= 4 is 18.4 Å². The van der Waals surface area contributed by atoms with Crippen LogP contribution in [0.2, 0.25) is 0 Å². The highest BCUT2D eigenvalue weighted by molar-refractivity contribution is 6.62. The van der Waals surface area contributed by atoms with Crippen LogP contribution in [0.3, 0.4) is 0 Å². The lowest BCUT2D eigenvalue weighted by atomic mass is 9.80. The molecular weight excluding hydrogens is 255 g/mol. The van der Waals surface area contributed by atoms with Crippen LogP contribution in [0.15, 0.2) is 30.7 Å². The number of anilines is 1. The summed E-state index contributed by atoms with van der Waals surface area (Å²) in [6.07, 6.45) is 1.81. The third-order valence-electron chi connectivity index (χ3n) is 3.70. The molecule has 0 atom stereocenters. The molecule has 0 amide bonds. The van der Waals surface area contributed by atoms with Gasteiger partial charge in [-0.25, -0.2) is 4.98 Å². The summed E-state index contributed by atoms with van der Waals surface area (Å²) in [5, 5.41) is 0. The Kier molecular flexibility index (Phi) is 3.44. The molecule has 0 aliphatic carbocycles. The Morgan fingerprint density at radius 3 is 2.60 bits per heavy atom. The van der Waals surface area contributed by atoms with E-state index < -0.39 is 12.7 Å². The largest absolute Gasteiger partial charge is 0.564 e. The minimum absolute atomic E-state index is 0.413. The van der Waals surface area contributed by atoms with Crippen molar-refractivity contribution in [3.8, 4) is 0 Å². The van der Waals surface area contributed by atoms with Gasteiger partial charge in [0.15, 0.2) is 0 Å². The number of hydrogen-bond acceptors (Lipinski definition) is 5. The first kappa shape index (κ1) is 13.5. The molecule has 20 heavy (non-hydrogen) atoms. The van der Waals surface area contributed by atoms with E-state index in [1.807, 2.05) is 32.2 Å². The van der Waals surface area contributed by atoms with Gasteiger partial charge in [-0.3, -0.25) is 0 Å². The van der Waals surface area contributed by atoms with Crippen LogP contribution in [-0.2, 0) is 14.0 Å². The molecule has 0 aromatic carbocycles. The lowest BCUT2D eigenvalue weighted by Crippen LogP contribution is -2.38. The molecule has 1 aromatic rings. The van der Waals surface area contributed by atoms with Gasteiger partial charge in [-0.05, 0) is 19.9 Å². The minimum Gasteiger partial charge on any atom is -0.534 e. The molecule has 3 rings (SSSR count). The number of morpholine rings is 1. The quantitative estimate of drug-likeness (QED) is 0.751. The first-order chi connectivity index (χ1) is 9.56. The standard InChI is InChI=1S/C14H19BN2O3/c1-11-14(2,3)20-15(19-11)12-4-5-13(16-10-12)17-6-8-18-9-7-17/h4-5,10H,1,6-9H2,2-3H3. The van der Waals surface area contributed by atoms with Gasteiger partial charge in [0.25, 0.3) is 0 Å². The zero-order valence-corrected chi connectivity index (χ0v) is 12.0. The fourth-order valence-corrected chi connectivity index (χ4v) is 2.28. The maximum absolute atomic E-state index is 5.84. The Morgan fingerprint density at radius 2 is 2.05 bits per heavy atom. The van der Waals surface area contributed by atoms with Crippen LogP contribution in [0.5, 0.6) is 0 Å². The van der Waals surface area contributed by atoms with Gasteiger partial charge < -0.3 is 18.9 Å². The van der Waals surface area contributed by atoms with Gasteiger partial charge in [-0.1, -0.05) is 12.6 Å². The van der Waals surface area contributed by atoms with E-state index in [4.69, 9.17) is 14.0 Å². The summed E-state index contributed by atoms with van der Waals surface area (Å²) >= 11 is 0. The molecule has 0 spiro atoms. The topological polar surface area (TPSA) is 43.8 Å². The molecule has 2 aliphatic rings. The minimum atomic E-state index is -0.451. The van der Waals surface area contributed by atoms with Gasteiger partial charge in [0.05, 0.1) is 19.0 Å². The van der Waals surface area contributed by atoms with Crippen molar-refractivity contribution in [1.29, 1.82) is 0 Å². The highest BCUT2D eigenvalue weighted by Gasteiger charge is 2.42. The highest BCUT2D eigenvalue weighted by atomic mass is 16.7. The summed E-state index contributed by atoms with van der Waals surface area (Å²) in [5.74, 6) is 1.62. The Balaban J connectivity index is 1.72. The number of ether oxygens (including phenoxy) is 1. The Morgan fingerprint density at radius 1 is 1.30 bits per heavy atom. The van der Waals surface area contributed by atoms with E-state index in [1.54, 1.807) is 0 Å². The zero-order chi connectivity index (χ0) is 14.2. The van der Waals surface area contributed by atoms with Gasteiger partial charge in [-0.2, -0.15) is 0 Å². The van der Waals surface area contributed by atoms with Crippen LogP contribution in [0.4, 0.5) is 5.82 Å². The molecule has 0 radical (unpaired) electrons.